The van der Waals surface area contributed by atoms with Gasteiger partial charge in [-0.05, 0) is 57.1 Å². The molecule has 0 radical (unpaired) electrons. The van der Waals surface area contributed by atoms with Gasteiger partial charge in [-0.25, -0.2) is 4.79 Å². The van der Waals surface area contributed by atoms with Crippen LogP contribution in [0.1, 0.15) is 65.1 Å². The van der Waals surface area contributed by atoms with Gasteiger partial charge in [-0.15, -0.1) is 0 Å². The Morgan fingerprint density at radius 1 is 1.14 bits per heavy atom. The van der Waals surface area contributed by atoms with Crippen LogP contribution in [0, 0.1) is 18.8 Å². The maximum absolute atomic E-state index is 14.0. The van der Waals surface area contributed by atoms with Crippen LogP contribution in [-0.4, -0.2) is 60.1 Å². The molecule has 0 aromatic heterocycles. The van der Waals surface area contributed by atoms with E-state index in [1.165, 1.54) is 7.11 Å². The Hall–Kier alpha value is -3.10. The summed E-state index contributed by atoms with van der Waals surface area (Å²) in [5.74, 6) is -1.53. The number of benzene rings is 1. The summed E-state index contributed by atoms with van der Waals surface area (Å²) in [7, 11) is 1.24. The second kappa shape index (κ2) is 11.6. The average Bonchev–Trinajstić information content (AvgIpc) is 3.48. The average molecular weight is 490 g/mol. The highest BCUT2D eigenvalue weighted by molar-refractivity contribution is 5.94. The number of rotatable bonds is 9. The maximum Gasteiger partial charge on any atom is 0.408 e. The predicted molar refractivity (Wildman–Crippen MR) is 131 cm³/mol. The van der Waals surface area contributed by atoms with E-state index >= 15 is 0 Å². The predicted octanol–water partition coefficient (Wildman–Crippen LogP) is 3.11. The number of amides is 3. The molecule has 0 saturated heterocycles. The van der Waals surface area contributed by atoms with Crippen molar-refractivity contribution >= 4 is 23.9 Å². The molecule has 35 heavy (non-hydrogen) atoms. The van der Waals surface area contributed by atoms with Gasteiger partial charge < -0.3 is 25.0 Å². The molecule has 1 aliphatic rings. The molecule has 4 atom stereocenters. The van der Waals surface area contributed by atoms with Crippen LogP contribution < -0.4 is 10.6 Å². The van der Waals surface area contributed by atoms with Gasteiger partial charge in [0.05, 0.1) is 7.11 Å². The molecule has 194 valence electrons. The van der Waals surface area contributed by atoms with Crippen LogP contribution in [0.5, 0.6) is 0 Å². The van der Waals surface area contributed by atoms with Crippen LogP contribution in [0.4, 0.5) is 4.79 Å². The molecule has 9 heteroatoms. The Bertz CT molecular complexity index is 939. The van der Waals surface area contributed by atoms with Crippen molar-refractivity contribution in [1.82, 2.24) is 15.5 Å². The number of hydrogen-bond acceptors (Lipinski definition) is 6. The Balaban J connectivity index is 2.47. The molecule has 4 unspecified atom stereocenters. The van der Waals surface area contributed by atoms with E-state index in [2.05, 4.69) is 15.4 Å². The minimum atomic E-state index is -0.981. The summed E-state index contributed by atoms with van der Waals surface area (Å²) in [4.78, 5) is 53.3. The molecule has 3 amide bonds. The van der Waals surface area contributed by atoms with Crippen LogP contribution in [0.3, 0.4) is 0 Å². The number of hydrogen-bond donors (Lipinski definition) is 2. The Kier molecular flexibility index (Phi) is 9.29. The lowest BCUT2D eigenvalue weighted by molar-refractivity contribution is -0.146. The lowest BCUT2D eigenvalue weighted by Crippen LogP contribution is -2.56. The van der Waals surface area contributed by atoms with Gasteiger partial charge in [-0.2, -0.15) is 0 Å². The largest absolute Gasteiger partial charge is 0.468 e. The summed E-state index contributed by atoms with van der Waals surface area (Å²) >= 11 is 0. The summed E-state index contributed by atoms with van der Waals surface area (Å²) in [5.41, 5.74) is 0.761. The zero-order valence-electron chi connectivity index (χ0n) is 22.0. The molecule has 1 fully saturated rings. The lowest BCUT2D eigenvalue weighted by Gasteiger charge is -2.36. The first-order chi connectivity index (χ1) is 16.3. The fourth-order valence-corrected chi connectivity index (χ4v) is 3.92. The first-order valence-electron chi connectivity index (χ1n) is 12.0. The molecule has 1 aliphatic carbocycles. The van der Waals surface area contributed by atoms with Crippen molar-refractivity contribution in [3.05, 3.63) is 35.4 Å². The first-order valence-corrected chi connectivity index (χ1v) is 12.0. The highest BCUT2D eigenvalue weighted by Gasteiger charge is 2.49. The number of alkyl carbamates (subject to hydrolysis) is 1. The SMILES string of the molecule is COC(=O)CNC(=O)C(c1ccccc1C)N(C(=O)C(NC(=O)OC(C)(C)C)C(C)C)C1CC1C. The first kappa shape index (κ1) is 28.1. The van der Waals surface area contributed by atoms with Crippen molar-refractivity contribution < 1.29 is 28.7 Å². The Morgan fingerprint density at radius 3 is 2.23 bits per heavy atom. The van der Waals surface area contributed by atoms with E-state index in [1.807, 2.05) is 39.8 Å². The number of nitrogens with zero attached hydrogens (tertiary/aromatic N) is 1. The zero-order chi connectivity index (χ0) is 26.5. The van der Waals surface area contributed by atoms with Crippen molar-refractivity contribution in [2.75, 3.05) is 13.7 Å². The topological polar surface area (TPSA) is 114 Å². The van der Waals surface area contributed by atoms with Gasteiger partial charge in [-0.1, -0.05) is 45.0 Å². The number of carbonyl (C=O) groups excluding carboxylic acids is 4. The van der Waals surface area contributed by atoms with E-state index in [1.54, 1.807) is 37.8 Å². The molecule has 2 rings (SSSR count). The van der Waals surface area contributed by atoms with E-state index < -0.39 is 35.7 Å². The molecule has 0 heterocycles. The van der Waals surface area contributed by atoms with Crippen molar-refractivity contribution in [2.24, 2.45) is 11.8 Å². The summed E-state index contributed by atoms with van der Waals surface area (Å²) in [5, 5.41) is 5.32. The third-order valence-electron chi connectivity index (χ3n) is 5.93. The normalized spacial score (nSPS) is 18.8. The molecule has 9 nitrogen and oxygen atoms in total. The van der Waals surface area contributed by atoms with Gasteiger partial charge in [0.15, 0.2) is 0 Å². The second-order valence-electron chi connectivity index (χ2n) is 10.4. The Morgan fingerprint density at radius 2 is 1.74 bits per heavy atom. The van der Waals surface area contributed by atoms with Crippen LogP contribution in [0.25, 0.3) is 0 Å². The van der Waals surface area contributed by atoms with Crippen molar-refractivity contribution in [2.45, 2.75) is 78.6 Å². The van der Waals surface area contributed by atoms with Crippen molar-refractivity contribution in [3.63, 3.8) is 0 Å². The molecule has 0 spiro atoms. The van der Waals surface area contributed by atoms with Gasteiger partial charge in [0.1, 0.15) is 24.2 Å². The minimum absolute atomic E-state index is 0.183. The summed E-state index contributed by atoms with van der Waals surface area (Å²) in [6.45, 7) is 12.5. The van der Waals surface area contributed by atoms with Crippen LogP contribution in [-0.2, 0) is 23.9 Å². The standard InChI is InChI=1S/C26H39N3O6/c1-15(2)21(28-25(33)35-26(5,6)7)24(32)29(19-13-17(19)4)22(18-12-10-9-11-16(18)3)23(31)27-14-20(30)34-8/h9-12,15,17,19,21-22H,13-14H2,1-8H3,(H,27,31)(H,28,33). The van der Waals surface area contributed by atoms with E-state index in [0.29, 0.717) is 5.56 Å². The smallest absolute Gasteiger partial charge is 0.408 e. The number of ether oxygens (including phenoxy) is 2. The summed E-state index contributed by atoms with van der Waals surface area (Å²) in [6.07, 6.45) is 0.0336. The monoisotopic (exact) mass is 489 g/mol. The fourth-order valence-electron chi connectivity index (χ4n) is 3.92. The molecule has 2 N–H and O–H groups in total. The van der Waals surface area contributed by atoms with Gasteiger partial charge >= 0.3 is 12.1 Å². The van der Waals surface area contributed by atoms with Crippen LogP contribution >= 0.6 is 0 Å². The van der Waals surface area contributed by atoms with Crippen molar-refractivity contribution in [3.8, 4) is 0 Å². The van der Waals surface area contributed by atoms with Gasteiger partial charge in [0.2, 0.25) is 11.8 Å². The van der Waals surface area contributed by atoms with Gasteiger partial charge in [0, 0.05) is 6.04 Å². The fraction of sp³-hybridized carbons (Fsp3) is 0.615. The third kappa shape index (κ3) is 7.70. The van der Waals surface area contributed by atoms with Crippen LogP contribution in [0.2, 0.25) is 0 Å². The Labute approximate surface area is 207 Å². The molecule has 1 saturated carbocycles. The number of aryl methyl sites for hydroxylation is 1. The van der Waals surface area contributed by atoms with Gasteiger partial charge in [-0.3, -0.25) is 14.4 Å². The van der Waals surface area contributed by atoms with Crippen LogP contribution in [0.15, 0.2) is 24.3 Å². The molecule has 0 aliphatic heterocycles. The highest BCUT2D eigenvalue weighted by Crippen LogP contribution is 2.41. The molecule has 1 aromatic rings. The number of methoxy groups -OCH3 is 1. The zero-order valence-corrected chi connectivity index (χ0v) is 22.0. The minimum Gasteiger partial charge on any atom is -0.468 e. The summed E-state index contributed by atoms with van der Waals surface area (Å²) < 4.78 is 10.0. The quantitative estimate of drug-likeness (QED) is 0.515. The lowest BCUT2D eigenvalue weighted by atomic mass is 9.96. The molecule has 1 aromatic carbocycles. The molecule has 0 bridgehead atoms. The summed E-state index contributed by atoms with van der Waals surface area (Å²) in [6, 6.07) is 5.26. The van der Waals surface area contributed by atoms with E-state index in [0.717, 1.165) is 12.0 Å². The number of esters is 1. The number of carbonyl (C=O) groups is 4. The highest BCUT2D eigenvalue weighted by atomic mass is 16.6. The van der Waals surface area contributed by atoms with E-state index in [9.17, 15) is 19.2 Å². The third-order valence-corrected chi connectivity index (χ3v) is 5.93. The van der Waals surface area contributed by atoms with Gasteiger partial charge in [0.25, 0.3) is 0 Å². The van der Waals surface area contributed by atoms with E-state index in [4.69, 9.17) is 4.74 Å². The van der Waals surface area contributed by atoms with E-state index in [-0.39, 0.29) is 30.3 Å². The second-order valence-corrected chi connectivity index (χ2v) is 10.4. The molecular weight excluding hydrogens is 450 g/mol. The van der Waals surface area contributed by atoms with Crippen molar-refractivity contribution in [1.29, 1.82) is 0 Å². The maximum atomic E-state index is 14.0. The molecular formula is C26H39N3O6. The number of nitrogens with one attached hydrogen (secondary N) is 2.